The van der Waals surface area contributed by atoms with Crippen molar-refractivity contribution in [3.05, 3.63) is 29.6 Å². The molecule has 0 aromatic heterocycles. The number of halogens is 1. The molecule has 1 saturated heterocycles. The summed E-state index contributed by atoms with van der Waals surface area (Å²) in [6.45, 7) is 1.63. The van der Waals surface area contributed by atoms with E-state index in [0.29, 0.717) is 18.4 Å². The third-order valence-electron chi connectivity index (χ3n) is 5.48. The van der Waals surface area contributed by atoms with Crippen molar-refractivity contribution < 1.29 is 18.8 Å². The van der Waals surface area contributed by atoms with Crippen molar-refractivity contribution in [1.82, 2.24) is 0 Å². The lowest BCUT2D eigenvalue weighted by atomic mass is 9.59. The molecule has 5 heteroatoms. The van der Waals surface area contributed by atoms with Crippen LogP contribution < -0.4 is 4.90 Å². The van der Waals surface area contributed by atoms with E-state index in [1.165, 1.54) is 6.07 Å². The topological polar surface area (TPSA) is 54.5 Å². The molecular weight excluding hydrogens is 285 g/mol. The first kappa shape index (κ1) is 13.6. The molecule has 2 bridgehead atoms. The van der Waals surface area contributed by atoms with E-state index < -0.39 is 17.7 Å². The maximum absolute atomic E-state index is 13.8. The third kappa shape index (κ3) is 1.65. The summed E-state index contributed by atoms with van der Waals surface area (Å²) in [4.78, 5) is 38.6. The van der Waals surface area contributed by atoms with Crippen molar-refractivity contribution in [3.8, 4) is 0 Å². The molecule has 4 nitrogen and oxygen atoms in total. The number of hydrogen-bond acceptors (Lipinski definition) is 3. The fraction of sp³-hybridized carbons (Fsp3) is 0.471. The van der Waals surface area contributed by atoms with Crippen molar-refractivity contribution in [2.45, 2.75) is 26.2 Å². The highest BCUT2D eigenvalue weighted by atomic mass is 19.1. The number of fused-ring (bicyclic) bond motifs is 2. The number of carbonyl (C=O) groups excluding carboxylic acids is 3. The Morgan fingerprint density at radius 1 is 1.09 bits per heavy atom. The first-order chi connectivity index (χ1) is 10.5. The Kier molecular flexibility index (Phi) is 2.77. The monoisotopic (exact) mass is 301 g/mol. The van der Waals surface area contributed by atoms with E-state index in [0.717, 1.165) is 11.3 Å². The zero-order chi connectivity index (χ0) is 15.6. The van der Waals surface area contributed by atoms with Gasteiger partial charge in [-0.05, 0) is 43.4 Å². The Hall–Kier alpha value is -2.04. The quantitative estimate of drug-likeness (QED) is 0.748. The molecular formula is C17H16FNO3. The van der Waals surface area contributed by atoms with Gasteiger partial charge in [0.15, 0.2) is 0 Å². The van der Waals surface area contributed by atoms with Gasteiger partial charge in [0.1, 0.15) is 11.6 Å². The van der Waals surface area contributed by atoms with Crippen LogP contribution in [-0.4, -0.2) is 17.6 Å². The molecule has 3 saturated carbocycles. The van der Waals surface area contributed by atoms with Crippen molar-refractivity contribution in [2.75, 3.05) is 4.90 Å². The number of anilines is 1. The van der Waals surface area contributed by atoms with Gasteiger partial charge in [-0.3, -0.25) is 14.4 Å². The summed E-state index contributed by atoms with van der Waals surface area (Å²) < 4.78 is 13.8. The number of benzene rings is 1. The maximum atomic E-state index is 13.8. The Labute approximate surface area is 127 Å². The van der Waals surface area contributed by atoms with Gasteiger partial charge in [0.25, 0.3) is 0 Å². The van der Waals surface area contributed by atoms with Crippen molar-refractivity contribution in [1.29, 1.82) is 0 Å². The summed E-state index contributed by atoms with van der Waals surface area (Å²) >= 11 is 0. The van der Waals surface area contributed by atoms with Crippen LogP contribution in [0.3, 0.4) is 0 Å². The Morgan fingerprint density at radius 3 is 2.50 bits per heavy atom. The second-order valence-corrected chi connectivity index (χ2v) is 6.61. The number of nitrogens with zero attached hydrogens (tertiary/aromatic N) is 1. The van der Waals surface area contributed by atoms with Gasteiger partial charge in [0.2, 0.25) is 11.8 Å². The zero-order valence-electron chi connectivity index (χ0n) is 12.2. The Morgan fingerprint density at radius 2 is 1.82 bits per heavy atom. The molecule has 1 aromatic rings. The second-order valence-electron chi connectivity index (χ2n) is 6.61. The third-order valence-corrected chi connectivity index (χ3v) is 5.48. The van der Waals surface area contributed by atoms with Gasteiger partial charge in [-0.2, -0.15) is 0 Å². The predicted molar refractivity (Wildman–Crippen MR) is 76.4 cm³/mol. The van der Waals surface area contributed by atoms with Crippen LogP contribution in [0, 0.1) is 36.4 Å². The van der Waals surface area contributed by atoms with E-state index >= 15 is 0 Å². The minimum absolute atomic E-state index is 0.0285. The van der Waals surface area contributed by atoms with Gasteiger partial charge in [-0.1, -0.05) is 6.07 Å². The molecule has 114 valence electrons. The number of ketones is 1. The standard InChI is InChI=1S/C17H16FNO3/c1-8-2-4-10(7-12(8)18)19-16(21)14-9-3-5-11(13(20)6-9)15(14)17(19)22/h2,4,7,9,11,14-15H,3,5-6H2,1H3. The molecule has 1 aromatic carbocycles. The number of Topliss-reactive ketones (excluding diaryl/α,β-unsaturated/α-hetero) is 1. The van der Waals surface area contributed by atoms with Crippen LogP contribution in [0.15, 0.2) is 18.2 Å². The smallest absolute Gasteiger partial charge is 0.238 e. The van der Waals surface area contributed by atoms with E-state index in [-0.39, 0.29) is 35.1 Å². The lowest BCUT2D eigenvalue weighted by molar-refractivity contribution is -0.143. The summed E-state index contributed by atoms with van der Waals surface area (Å²) in [5, 5.41) is 0. The molecule has 4 unspecified atom stereocenters. The average Bonchev–Trinajstić information content (AvgIpc) is 2.76. The van der Waals surface area contributed by atoms with E-state index in [4.69, 9.17) is 0 Å². The largest absolute Gasteiger partial charge is 0.299 e. The summed E-state index contributed by atoms with van der Waals surface area (Å²) in [5.41, 5.74) is 0.745. The summed E-state index contributed by atoms with van der Waals surface area (Å²) in [5.74, 6) is -2.21. The first-order valence-electron chi connectivity index (χ1n) is 7.65. The molecule has 0 N–H and O–H groups in total. The van der Waals surface area contributed by atoms with E-state index in [9.17, 15) is 18.8 Å². The molecule has 4 fully saturated rings. The average molecular weight is 301 g/mol. The molecule has 22 heavy (non-hydrogen) atoms. The second kappa shape index (κ2) is 4.48. The van der Waals surface area contributed by atoms with Gasteiger partial charge >= 0.3 is 0 Å². The zero-order valence-corrected chi connectivity index (χ0v) is 12.2. The van der Waals surface area contributed by atoms with Crippen LogP contribution in [0.2, 0.25) is 0 Å². The fourth-order valence-corrected chi connectivity index (χ4v) is 4.36. The number of rotatable bonds is 1. The Bertz CT molecular complexity index is 714. The molecule has 4 aliphatic rings. The minimum atomic E-state index is -0.531. The maximum Gasteiger partial charge on any atom is 0.238 e. The normalized spacial score (nSPS) is 33.5. The molecule has 1 aliphatic heterocycles. The van der Waals surface area contributed by atoms with E-state index in [1.807, 2.05) is 0 Å². The lowest BCUT2D eigenvalue weighted by Gasteiger charge is -2.41. The van der Waals surface area contributed by atoms with Gasteiger partial charge < -0.3 is 0 Å². The van der Waals surface area contributed by atoms with Crippen LogP contribution in [0.1, 0.15) is 24.8 Å². The SMILES string of the molecule is Cc1ccc(N2C(=O)C3C4CCC(C(=O)C4)C3C2=O)cc1F. The molecule has 3 aliphatic carbocycles. The van der Waals surface area contributed by atoms with Crippen LogP contribution >= 0.6 is 0 Å². The van der Waals surface area contributed by atoms with Crippen LogP contribution in [0.5, 0.6) is 0 Å². The van der Waals surface area contributed by atoms with Gasteiger partial charge in [-0.25, -0.2) is 9.29 Å². The highest BCUT2D eigenvalue weighted by Crippen LogP contribution is 2.52. The predicted octanol–water partition coefficient (Wildman–Crippen LogP) is 2.24. The van der Waals surface area contributed by atoms with E-state index in [2.05, 4.69) is 0 Å². The van der Waals surface area contributed by atoms with Crippen LogP contribution in [0.4, 0.5) is 10.1 Å². The Balaban J connectivity index is 1.77. The number of imide groups is 1. The summed E-state index contributed by atoms with van der Waals surface area (Å²) in [7, 11) is 0. The number of carbonyl (C=O) groups is 3. The van der Waals surface area contributed by atoms with Crippen molar-refractivity contribution >= 4 is 23.3 Å². The molecule has 1 heterocycles. The lowest BCUT2D eigenvalue weighted by Crippen LogP contribution is -2.46. The number of amides is 2. The highest BCUT2D eigenvalue weighted by Gasteiger charge is 2.60. The minimum Gasteiger partial charge on any atom is -0.299 e. The highest BCUT2D eigenvalue weighted by molar-refractivity contribution is 6.23. The van der Waals surface area contributed by atoms with E-state index in [1.54, 1.807) is 19.1 Å². The fourth-order valence-electron chi connectivity index (χ4n) is 4.36. The number of aryl methyl sites for hydroxylation is 1. The number of hydrogen-bond donors (Lipinski definition) is 0. The van der Waals surface area contributed by atoms with Crippen LogP contribution in [0.25, 0.3) is 0 Å². The summed E-state index contributed by atoms with van der Waals surface area (Å²) in [6, 6.07) is 4.38. The van der Waals surface area contributed by atoms with Gasteiger partial charge in [0, 0.05) is 12.3 Å². The molecule has 0 spiro atoms. The molecule has 5 rings (SSSR count). The van der Waals surface area contributed by atoms with Gasteiger partial charge in [-0.15, -0.1) is 0 Å². The van der Waals surface area contributed by atoms with Crippen molar-refractivity contribution in [3.63, 3.8) is 0 Å². The van der Waals surface area contributed by atoms with Gasteiger partial charge in [0.05, 0.1) is 17.5 Å². The van der Waals surface area contributed by atoms with Crippen LogP contribution in [-0.2, 0) is 14.4 Å². The van der Waals surface area contributed by atoms with Crippen molar-refractivity contribution in [2.24, 2.45) is 23.7 Å². The molecule has 4 atom stereocenters. The molecule has 2 amide bonds. The first-order valence-corrected chi connectivity index (χ1v) is 7.65. The summed E-state index contributed by atoms with van der Waals surface area (Å²) in [6.07, 6.45) is 1.92. The molecule has 0 radical (unpaired) electrons.